The topological polar surface area (TPSA) is 85.4 Å². The third kappa shape index (κ3) is 3.63. The molecule has 2 fully saturated rings. The van der Waals surface area contributed by atoms with Gasteiger partial charge < -0.3 is 19.1 Å². The number of ether oxygens (including phenoxy) is 3. The van der Waals surface area contributed by atoms with Crippen LogP contribution in [0, 0.1) is 6.92 Å². The summed E-state index contributed by atoms with van der Waals surface area (Å²) in [6.07, 6.45) is -0.507. The molecule has 4 rings (SSSR count). The molecule has 2 unspecified atom stereocenters. The van der Waals surface area contributed by atoms with Gasteiger partial charge in [0.1, 0.15) is 18.3 Å². The standard InChI is InChI=1S/C21H26N2O6/c1-12-13(5-6-14-15(12)11-27-18(14)24)9-23-16-7-8-22(10-17(16)28-20(23)26)19(25)29-21(2,3)4/h5-6,16-17H,7-11H2,1-4H3. The Bertz CT molecular complexity index is 875. The zero-order chi connectivity index (χ0) is 20.9. The largest absolute Gasteiger partial charge is 0.457 e. The number of amides is 2. The van der Waals surface area contributed by atoms with Gasteiger partial charge in [-0.2, -0.15) is 0 Å². The number of hydrogen-bond donors (Lipinski definition) is 0. The van der Waals surface area contributed by atoms with Gasteiger partial charge in [-0.3, -0.25) is 4.90 Å². The van der Waals surface area contributed by atoms with E-state index in [9.17, 15) is 14.4 Å². The van der Waals surface area contributed by atoms with Crippen molar-refractivity contribution in [3.63, 3.8) is 0 Å². The molecule has 3 aliphatic heterocycles. The number of carbonyl (C=O) groups excluding carboxylic acids is 3. The van der Waals surface area contributed by atoms with E-state index < -0.39 is 5.60 Å². The summed E-state index contributed by atoms with van der Waals surface area (Å²) < 4.78 is 16.1. The van der Waals surface area contributed by atoms with Gasteiger partial charge in [0, 0.05) is 18.7 Å². The first kappa shape index (κ1) is 19.5. The molecule has 0 spiro atoms. The number of cyclic esters (lactones) is 1. The van der Waals surface area contributed by atoms with E-state index in [1.807, 2.05) is 33.8 Å². The van der Waals surface area contributed by atoms with Crippen LogP contribution in [0.2, 0.25) is 0 Å². The van der Waals surface area contributed by atoms with Crippen molar-refractivity contribution in [3.8, 4) is 0 Å². The van der Waals surface area contributed by atoms with Crippen LogP contribution >= 0.6 is 0 Å². The lowest BCUT2D eigenvalue weighted by Gasteiger charge is -2.36. The Hall–Kier alpha value is -2.77. The van der Waals surface area contributed by atoms with E-state index in [0.29, 0.717) is 31.6 Å². The van der Waals surface area contributed by atoms with Gasteiger partial charge in [-0.15, -0.1) is 0 Å². The SMILES string of the molecule is Cc1c(CN2C(=O)OC3CN(C(=O)OC(C)(C)C)CCC32)ccc2c1COC2=O. The third-order valence-electron chi connectivity index (χ3n) is 5.68. The van der Waals surface area contributed by atoms with Gasteiger partial charge in [0.15, 0.2) is 0 Å². The van der Waals surface area contributed by atoms with Crippen LogP contribution in [0.1, 0.15) is 54.2 Å². The molecule has 0 bridgehead atoms. The lowest BCUT2D eigenvalue weighted by Crippen LogP contribution is -2.51. The summed E-state index contributed by atoms with van der Waals surface area (Å²) >= 11 is 0. The smallest absolute Gasteiger partial charge is 0.410 e. The molecule has 0 N–H and O–H groups in total. The molecule has 29 heavy (non-hydrogen) atoms. The van der Waals surface area contributed by atoms with Crippen LogP contribution < -0.4 is 0 Å². The molecule has 1 aromatic rings. The summed E-state index contributed by atoms with van der Waals surface area (Å²) in [6, 6.07) is 3.54. The molecule has 0 radical (unpaired) electrons. The number of fused-ring (bicyclic) bond motifs is 2. The number of nitrogens with zero attached hydrogens (tertiary/aromatic N) is 2. The molecule has 1 aromatic carbocycles. The number of piperidine rings is 1. The molecule has 2 amide bonds. The van der Waals surface area contributed by atoms with Gasteiger partial charge in [0.25, 0.3) is 0 Å². The number of carbonyl (C=O) groups is 3. The summed E-state index contributed by atoms with van der Waals surface area (Å²) in [5.41, 5.74) is 2.85. The summed E-state index contributed by atoms with van der Waals surface area (Å²) in [7, 11) is 0. The van der Waals surface area contributed by atoms with Gasteiger partial charge >= 0.3 is 18.2 Å². The van der Waals surface area contributed by atoms with Crippen LogP contribution in [-0.2, 0) is 27.4 Å². The fourth-order valence-electron chi connectivity index (χ4n) is 4.14. The average molecular weight is 402 g/mol. The maximum Gasteiger partial charge on any atom is 0.410 e. The van der Waals surface area contributed by atoms with Crippen LogP contribution in [-0.4, -0.2) is 58.8 Å². The fraction of sp³-hybridized carbons (Fsp3) is 0.571. The van der Waals surface area contributed by atoms with Crippen molar-refractivity contribution in [2.75, 3.05) is 13.1 Å². The molecule has 8 nitrogen and oxygen atoms in total. The molecule has 0 saturated carbocycles. The molecule has 2 saturated heterocycles. The van der Waals surface area contributed by atoms with Gasteiger partial charge in [-0.25, -0.2) is 14.4 Å². The quantitative estimate of drug-likeness (QED) is 0.558. The maximum absolute atomic E-state index is 12.5. The Labute approximate surface area is 169 Å². The molecular formula is C21H26N2O6. The fourth-order valence-corrected chi connectivity index (χ4v) is 4.14. The van der Waals surface area contributed by atoms with Crippen molar-refractivity contribution in [1.29, 1.82) is 0 Å². The zero-order valence-electron chi connectivity index (χ0n) is 17.2. The second-order valence-corrected chi connectivity index (χ2v) is 8.78. The lowest BCUT2D eigenvalue weighted by atomic mass is 9.97. The molecule has 156 valence electrons. The zero-order valence-corrected chi connectivity index (χ0v) is 17.2. The Morgan fingerprint density at radius 2 is 2.03 bits per heavy atom. The van der Waals surface area contributed by atoms with Crippen LogP contribution in [0.25, 0.3) is 0 Å². The highest BCUT2D eigenvalue weighted by atomic mass is 16.6. The minimum Gasteiger partial charge on any atom is -0.457 e. The van der Waals surface area contributed by atoms with E-state index >= 15 is 0 Å². The van der Waals surface area contributed by atoms with Gasteiger partial charge in [-0.05, 0) is 51.3 Å². The van der Waals surface area contributed by atoms with E-state index in [0.717, 1.165) is 16.7 Å². The molecule has 3 aliphatic rings. The van der Waals surface area contributed by atoms with E-state index in [1.165, 1.54) is 0 Å². The second kappa shape index (κ2) is 6.93. The highest BCUT2D eigenvalue weighted by Gasteiger charge is 2.46. The molecule has 0 aliphatic carbocycles. The van der Waals surface area contributed by atoms with Crippen LogP contribution in [0.15, 0.2) is 12.1 Å². The van der Waals surface area contributed by atoms with E-state index in [1.54, 1.807) is 15.9 Å². The van der Waals surface area contributed by atoms with Crippen molar-refractivity contribution < 1.29 is 28.6 Å². The molecule has 8 heteroatoms. The third-order valence-corrected chi connectivity index (χ3v) is 5.68. The lowest BCUT2D eigenvalue weighted by molar-refractivity contribution is 0.00303. The first-order chi connectivity index (χ1) is 13.6. The predicted molar refractivity (Wildman–Crippen MR) is 102 cm³/mol. The number of hydrogen-bond acceptors (Lipinski definition) is 6. The minimum atomic E-state index is -0.567. The number of benzene rings is 1. The van der Waals surface area contributed by atoms with Crippen LogP contribution in [0.4, 0.5) is 9.59 Å². The molecule has 2 atom stereocenters. The first-order valence-corrected chi connectivity index (χ1v) is 9.87. The average Bonchev–Trinajstić information content (AvgIpc) is 3.16. The first-order valence-electron chi connectivity index (χ1n) is 9.87. The molecule has 3 heterocycles. The van der Waals surface area contributed by atoms with Crippen LogP contribution in [0.3, 0.4) is 0 Å². The maximum atomic E-state index is 12.5. The van der Waals surface area contributed by atoms with Crippen molar-refractivity contribution in [2.45, 2.75) is 65.0 Å². The Kier molecular flexibility index (Phi) is 4.67. The number of rotatable bonds is 2. The van der Waals surface area contributed by atoms with Gasteiger partial charge in [0.05, 0.1) is 18.2 Å². The summed E-state index contributed by atoms with van der Waals surface area (Å²) in [5.74, 6) is -0.301. The van der Waals surface area contributed by atoms with Crippen molar-refractivity contribution >= 4 is 18.2 Å². The number of esters is 1. The number of likely N-dealkylation sites (tertiary alicyclic amines) is 1. The Morgan fingerprint density at radius 1 is 1.28 bits per heavy atom. The Morgan fingerprint density at radius 3 is 2.76 bits per heavy atom. The summed E-state index contributed by atoms with van der Waals surface area (Å²) in [4.78, 5) is 40.0. The molecule has 0 aromatic heterocycles. The normalized spacial score (nSPS) is 23.4. The van der Waals surface area contributed by atoms with Crippen molar-refractivity contribution in [3.05, 3.63) is 34.4 Å². The highest BCUT2D eigenvalue weighted by molar-refractivity contribution is 5.94. The van der Waals surface area contributed by atoms with Crippen molar-refractivity contribution in [2.24, 2.45) is 0 Å². The van der Waals surface area contributed by atoms with Gasteiger partial charge in [0.2, 0.25) is 0 Å². The van der Waals surface area contributed by atoms with Crippen LogP contribution in [0.5, 0.6) is 0 Å². The summed E-state index contributed by atoms with van der Waals surface area (Å²) in [5, 5.41) is 0. The van der Waals surface area contributed by atoms with Gasteiger partial charge in [-0.1, -0.05) is 6.07 Å². The van der Waals surface area contributed by atoms with E-state index in [4.69, 9.17) is 14.2 Å². The minimum absolute atomic E-state index is 0.0910. The summed E-state index contributed by atoms with van der Waals surface area (Å²) in [6.45, 7) is 8.93. The van der Waals surface area contributed by atoms with Crippen molar-refractivity contribution in [1.82, 2.24) is 9.80 Å². The molecular weight excluding hydrogens is 376 g/mol. The Balaban J connectivity index is 1.46. The van der Waals surface area contributed by atoms with E-state index in [2.05, 4.69) is 0 Å². The monoisotopic (exact) mass is 402 g/mol. The second-order valence-electron chi connectivity index (χ2n) is 8.78. The predicted octanol–water partition coefficient (Wildman–Crippen LogP) is 3.00. The van der Waals surface area contributed by atoms with E-state index in [-0.39, 0.29) is 36.9 Å². The highest BCUT2D eigenvalue weighted by Crippen LogP contribution is 2.32.